The van der Waals surface area contributed by atoms with Crippen LogP contribution in [0.25, 0.3) is 0 Å². The van der Waals surface area contributed by atoms with Crippen LogP contribution in [0.3, 0.4) is 0 Å². The molecule has 2 unspecified atom stereocenters. The lowest BCUT2D eigenvalue weighted by atomic mass is 10.0. The van der Waals surface area contributed by atoms with Crippen LogP contribution in [0.5, 0.6) is 5.75 Å². The van der Waals surface area contributed by atoms with Crippen molar-refractivity contribution in [3.05, 3.63) is 28.2 Å². The molecule has 0 bridgehead atoms. The molecule has 4 nitrogen and oxygen atoms in total. The van der Waals surface area contributed by atoms with E-state index in [-0.39, 0.29) is 24.3 Å². The highest BCUT2D eigenvalue weighted by molar-refractivity contribution is 9.10. The van der Waals surface area contributed by atoms with Gasteiger partial charge in [-0.1, -0.05) is 19.9 Å². The van der Waals surface area contributed by atoms with Crippen LogP contribution in [0.1, 0.15) is 38.8 Å². The monoisotopic (exact) mass is 343 g/mol. The first-order chi connectivity index (χ1) is 9.35. The SMILES string of the molecule is COc1ccc(C(C)NC(=O)CC(O)C(C)C)cc1Br. The molecule has 1 rings (SSSR count). The molecule has 2 N–H and O–H groups in total. The molecular formula is C15H22BrNO3. The molecule has 0 saturated heterocycles. The summed E-state index contributed by atoms with van der Waals surface area (Å²) in [6.45, 7) is 5.69. The number of aliphatic hydroxyl groups is 1. The van der Waals surface area contributed by atoms with Gasteiger partial charge in [0, 0.05) is 0 Å². The lowest BCUT2D eigenvalue weighted by Gasteiger charge is -2.18. The summed E-state index contributed by atoms with van der Waals surface area (Å²) < 4.78 is 6.02. The van der Waals surface area contributed by atoms with Crippen molar-refractivity contribution in [2.75, 3.05) is 7.11 Å². The molecule has 0 aliphatic rings. The van der Waals surface area contributed by atoms with Crippen molar-refractivity contribution >= 4 is 21.8 Å². The summed E-state index contributed by atoms with van der Waals surface area (Å²) in [6.07, 6.45) is -0.482. The van der Waals surface area contributed by atoms with Gasteiger partial charge in [-0.15, -0.1) is 0 Å². The Bertz CT molecular complexity index is 462. The highest BCUT2D eigenvalue weighted by Gasteiger charge is 2.17. The van der Waals surface area contributed by atoms with Gasteiger partial charge in [0.05, 0.1) is 30.1 Å². The zero-order valence-corrected chi connectivity index (χ0v) is 13.9. The van der Waals surface area contributed by atoms with Gasteiger partial charge in [-0.05, 0) is 46.5 Å². The van der Waals surface area contributed by atoms with Crippen molar-refractivity contribution in [2.45, 2.75) is 39.3 Å². The Labute approximate surface area is 128 Å². The summed E-state index contributed by atoms with van der Waals surface area (Å²) in [5.74, 6) is 0.680. The van der Waals surface area contributed by atoms with E-state index in [2.05, 4.69) is 21.2 Å². The summed E-state index contributed by atoms with van der Waals surface area (Å²) in [7, 11) is 1.61. The summed E-state index contributed by atoms with van der Waals surface area (Å²) in [5.41, 5.74) is 0.977. The smallest absolute Gasteiger partial charge is 0.223 e. The van der Waals surface area contributed by atoms with E-state index in [0.29, 0.717) is 0 Å². The van der Waals surface area contributed by atoms with Crippen LogP contribution < -0.4 is 10.1 Å². The van der Waals surface area contributed by atoms with E-state index in [9.17, 15) is 9.90 Å². The second-order valence-electron chi connectivity index (χ2n) is 5.20. The van der Waals surface area contributed by atoms with E-state index in [1.165, 1.54) is 0 Å². The number of amides is 1. The van der Waals surface area contributed by atoms with Crippen molar-refractivity contribution < 1.29 is 14.6 Å². The van der Waals surface area contributed by atoms with Crippen LogP contribution in [0.2, 0.25) is 0 Å². The van der Waals surface area contributed by atoms with Crippen molar-refractivity contribution in [3.8, 4) is 5.75 Å². The van der Waals surface area contributed by atoms with E-state index in [0.717, 1.165) is 15.8 Å². The summed E-state index contributed by atoms with van der Waals surface area (Å²) >= 11 is 3.42. The standard InChI is InChI=1S/C15H22BrNO3/c1-9(2)13(18)8-15(19)17-10(3)11-5-6-14(20-4)12(16)7-11/h5-7,9-10,13,18H,8H2,1-4H3,(H,17,19). The van der Waals surface area contributed by atoms with Gasteiger partial charge >= 0.3 is 0 Å². The number of carbonyl (C=O) groups excluding carboxylic acids is 1. The number of hydrogen-bond donors (Lipinski definition) is 2. The molecule has 0 aromatic heterocycles. The maximum atomic E-state index is 11.8. The minimum Gasteiger partial charge on any atom is -0.496 e. The zero-order valence-electron chi connectivity index (χ0n) is 12.3. The fourth-order valence-corrected chi connectivity index (χ4v) is 2.32. The van der Waals surface area contributed by atoms with E-state index in [1.54, 1.807) is 7.11 Å². The third kappa shape index (κ3) is 4.80. The van der Waals surface area contributed by atoms with E-state index >= 15 is 0 Å². The lowest BCUT2D eigenvalue weighted by molar-refractivity contribution is -0.124. The number of halogens is 1. The average molecular weight is 344 g/mol. The van der Waals surface area contributed by atoms with Crippen molar-refractivity contribution in [1.82, 2.24) is 5.32 Å². The molecule has 5 heteroatoms. The molecule has 0 spiro atoms. The first-order valence-electron chi connectivity index (χ1n) is 6.66. The number of aliphatic hydroxyl groups excluding tert-OH is 1. The average Bonchev–Trinajstić information content (AvgIpc) is 2.38. The van der Waals surface area contributed by atoms with Crippen LogP contribution in [-0.4, -0.2) is 24.2 Å². The van der Waals surface area contributed by atoms with Gasteiger partial charge in [0.15, 0.2) is 0 Å². The second-order valence-corrected chi connectivity index (χ2v) is 6.05. The van der Waals surface area contributed by atoms with Crippen LogP contribution in [0.4, 0.5) is 0 Å². The zero-order chi connectivity index (χ0) is 15.3. The van der Waals surface area contributed by atoms with Gasteiger partial charge in [-0.25, -0.2) is 0 Å². The van der Waals surface area contributed by atoms with Gasteiger partial charge < -0.3 is 15.2 Å². The molecule has 0 heterocycles. The Kier molecular flexibility index (Phi) is 6.49. The molecule has 20 heavy (non-hydrogen) atoms. The van der Waals surface area contributed by atoms with Gasteiger partial charge in [0.2, 0.25) is 5.91 Å². The fraction of sp³-hybridized carbons (Fsp3) is 0.533. The summed E-state index contributed by atoms with van der Waals surface area (Å²) in [5, 5.41) is 12.6. The molecule has 0 aliphatic heterocycles. The Morgan fingerprint density at radius 2 is 2.05 bits per heavy atom. The summed E-state index contributed by atoms with van der Waals surface area (Å²) in [6, 6.07) is 5.56. The van der Waals surface area contributed by atoms with Crippen LogP contribution in [0.15, 0.2) is 22.7 Å². The molecule has 1 amide bonds. The predicted octanol–water partition coefficient (Wildman–Crippen LogP) is 3.04. The molecule has 2 atom stereocenters. The lowest BCUT2D eigenvalue weighted by Crippen LogP contribution is -2.31. The fourth-order valence-electron chi connectivity index (χ4n) is 1.76. The maximum Gasteiger partial charge on any atom is 0.223 e. The second kappa shape index (κ2) is 7.64. The van der Waals surface area contributed by atoms with Gasteiger partial charge in [0.25, 0.3) is 0 Å². The Morgan fingerprint density at radius 3 is 2.55 bits per heavy atom. The topological polar surface area (TPSA) is 58.6 Å². The number of carbonyl (C=O) groups is 1. The normalized spacial score (nSPS) is 13.9. The van der Waals surface area contributed by atoms with Crippen LogP contribution in [-0.2, 0) is 4.79 Å². The highest BCUT2D eigenvalue weighted by atomic mass is 79.9. The third-order valence-corrected chi connectivity index (χ3v) is 3.84. The van der Waals surface area contributed by atoms with Crippen LogP contribution >= 0.6 is 15.9 Å². The van der Waals surface area contributed by atoms with Crippen LogP contribution in [0, 0.1) is 5.92 Å². The maximum absolute atomic E-state index is 11.8. The van der Waals surface area contributed by atoms with Crippen molar-refractivity contribution in [3.63, 3.8) is 0 Å². The third-order valence-electron chi connectivity index (χ3n) is 3.22. The predicted molar refractivity (Wildman–Crippen MR) is 82.7 cm³/mol. The Balaban J connectivity index is 2.64. The van der Waals surface area contributed by atoms with Gasteiger partial charge in [0.1, 0.15) is 5.75 Å². The van der Waals surface area contributed by atoms with E-state index < -0.39 is 6.10 Å². The minimum atomic E-state index is -0.607. The highest BCUT2D eigenvalue weighted by Crippen LogP contribution is 2.28. The molecule has 0 radical (unpaired) electrons. The summed E-state index contributed by atoms with van der Waals surface area (Å²) in [4.78, 5) is 11.8. The molecule has 0 fully saturated rings. The molecular weight excluding hydrogens is 322 g/mol. The first kappa shape index (κ1) is 17.0. The van der Waals surface area contributed by atoms with Gasteiger partial charge in [-0.2, -0.15) is 0 Å². The quantitative estimate of drug-likeness (QED) is 0.834. The minimum absolute atomic E-state index is 0.0752. The van der Waals surface area contributed by atoms with E-state index in [4.69, 9.17) is 4.74 Å². The Hall–Kier alpha value is -1.07. The molecule has 1 aromatic carbocycles. The number of rotatable bonds is 6. The number of ether oxygens (including phenoxy) is 1. The number of methoxy groups -OCH3 is 1. The number of nitrogens with one attached hydrogen (secondary N) is 1. The largest absolute Gasteiger partial charge is 0.496 e. The first-order valence-corrected chi connectivity index (χ1v) is 7.45. The molecule has 112 valence electrons. The molecule has 1 aromatic rings. The number of hydrogen-bond acceptors (Lipinski definition) is 3. The van der Waals surface area contributed by atoms with Crippen molar-refractivity contribution in [2.24, 2.45) is 5.92 Å². The van der Waals surface area contributed by atoms with Gasteiger partial charge in [-0.3, -0.25) is 4.79 Å². The van der Waals surface area contributed by atoms with E-state index in [1.807, 2.05) is 39.0 Å². The Morgan fingerprint density at radius 1 is 1.40 bits per heavy atom. The van der Waals surface area contributed by atoms with Crippen molar-refractivity contribution in [1.29, 1.82) is 0 Å². The molecule has 0 aliphatic carbocycles. The number of benzene rings is 1. The molecule has 0 saturated carbocycles.